The van der Waals surface area contributed by atoms with E-state index in [0.717, 1.165) is 25.0 Å². The number of rotatable bonds is 8. The van der Waals surface area contributed by atoms with Crippen molar-refractivity contribution < 1.29 is 31.5 Å². The number of pyridine rings is 1. The highest BCUT2D eigenvalue weighted by Gasteiger charge is 2.30. The van der Waals surface area contributed by atoms with Crippen molar-refractivity contribution in [2.45, 2.75) is 17.7 Å². The molecule has 0 bridgehead atoms. The van der Waals surface area contributed by atoms with Crippen molar-refractivity contribution in [2.75, 3.05) is 35.2 Å². The number of fused-ring (bicyclic) bond motifs is 1. The van der Waals surface area contributed by atoms with Crippen LogP contribution in [0.1, 0.15) is 12.8 Å². The topological polar surface area (TPSA) is 136 Å². The average Bonchev–Trinajstić information content (AvgIpc) is 3.82. The molecule has 2 aliphatic rings. The van der Waals surface area contributed by atoms with Crippen molar-refractivity contribution >= 4 is 39.1 Å². The second-order valence-electron chi connectivity index (χ2n) is 9.65. The molecule has 2 aromatic heterocycles. The van der Waals surface area contributed by atoms with Gasteiger partial charge < -0.3 is 14.4 Å². The summed E-state index contributed by atoms with van der Waals surface area (Å²) in [4.78, 5) is 26.3. The molecule has 1 fully saturated rings. The number of anilines is 4. The first kappa shape index (κ1) is 27.3. The zero-order chi connectivity index (χ0) is 29.4. The first-order valence-electron chi connectivity index (χ1n) is 12.9. The van der Waals surface area contributed by atoms with Gasteiger partial charge in [0, 0.05) is 29.9 Å². The van der Waals surface area contributed by atoms with Crippen LogP contribution in [0.3, 0.4) is 0 Å². The fourth-order valence-electron chi connectivity index (χ4n) is 4.49. The maximum absolute atomic E-state index is 14.3. The van der Waals surface area contributed by atoms with E-state index in [0.29, 0.717) is 47.6 Å². The molecule has 14 heteroatoms. The monoisotopic (exact) mass is 594 g/mol. The normalized spacial score (nSPS) is 14.5. The summed E-state index contributed by atoms with van der Waals surface area (Å²) in [6.07, 6.45) is 4.79. The smallest absolute Gasteiger partial charge is 0.264 e. The Morgan fingerprint density at radius 2 is 1.90 bits per heavy atom. The van der Waals surface area contributed by atoms with Crippen LogP contribution in [0, 0.1) is 17.6 Å². The molecule has 1 saturated carbocycles. The number of benzene rings is 2. The van der Waals surface area contributed by atoms with Crippen LogP contribution < -0.4 is 24.4 Å². The number of ether oxygens (including phenoxy) is 2. The number of carbonyl (C=O) groups is 1. The largest absolute Gasteiger partial charge is 0.490 e. The lowest BCUT2D eigenvalue weighted by Crippen LogP contribution is -2.29. The van der Waals surface area contributed by atoms with Gasteiger partial charge >= 0.3 is 0 Å². The summed E-state index contributed by atoms with van der Waals surface area (Å²) < 4.78 is 66.9. The van der Waals surface area contributed by atoms with Gasteiger partial charge in [0.1, 0.15) is 40.4 Å². The predicted molar refractivity (Wildman–Crippen MR) is 149 cm³/mol. The van der Waals surface area contributed by atoms with Crippen molar-refractivity contribution in [3.8, 4) is 22.8 Å². The summed E-state index contributed by atoms with van der Waals surface area (Å²) in [7, 11) is -3.13. The van der Waals surface area contributed by atoms with E-state index in [1.165, 1.54) is 19.4 Å². The number of hydrogen-bond donors (Lipinski definition) is 2. The van der Waals surface area contributed by atoms with Gasteiger partial charge in [-0.25, -0.2) is 27.2 Å². The number of aromatic nitrogens is 3. The molecule has 0 atom stereocenters. The molecule has 1 aliphatic heterocycles. The van der Waals surface area contributed by atoms with E-state index in [2.05, 4.69) is 25.0 Å². The zero-order valence-corrected chi connectivity index (χ0v) is 23.0. The maximum Gasteiger partial charge on any atom is 0.264 e. The molecule has 216 valence electrons. The summed E-state index contributed by atoms with van der Waals surface area (Å²) in [5.41, 5.74) is 1.81. The highest BCUT2D eigenvalue weighted by Crippen LogP contribution is 2.40. The summed E-state index contributed by atoms with van der Waals surface area (Å²) in [5, 5.41) is 2.76. The Kier molecular flexibility index (Phi) is 7.06. The van der Waals surface area contributed by atoms with Crippen LogP contribution >= 0.6 is 0 Å². The van der Waals surface area contributed by atoms with E-state index in [9.17, 15) is 22.0 Å². The molecule has 11 nitrogen and oxygen atoms in total. The van der Waals surface area contributed by atoms with Gasteiger partial charge in [-0.3, -0.25) is 14.8 Å². The van der Waals surface area contributed by atoms with E-state index in [1.54, 1.807) is 24.4 Å². The first-order chi connectivity index (χ1) is 20.2. The molecule has 4 aromatic rings. The van der Waals surface area contributed by atoms with Crippen LogP contribution in [-0.2, 0) is 14.8 Å². The van der Waals surface area contributed by atoms with Crippen molar-refractivity contribution in [3.63, 3.8) is 0 Å². The standard InChI is InChI=1S/C28H24F2N6O5S/c1-40-27-21(35-42(38,39)24-7-5-19(29)14-20(24)30)12-18(15-32-27)17-4-6-23-22(13-17)36(10-11-41-23)25-8-9-31-28(33-25)34-26(37)16-2-3-16/h4-9,12-16,35H,2-3,10-11H2,1H3,(H,31,33,34,37). The van der Waals surface area contributed by atoms with E-state index in [1.807, 2.05) is 11.0 Å². The molecular formula is C28H24F2N6O5S. The van der Waals surface area contributed by atoms with Gasteiger partial charge in [0.05, 0.1) is 19.3 Å². The summed E-state index contributed by atoms with van der Waals surface area (Å²) in [6.45, 7) is 0.870. The third-order valence-electron chi connectivity index (χ3n) is 6.73. The minimum absolute atomic E-state index is 0.00566. The van der Waals surface area contributed by atoms with Gasteiger partial charge in [-0.05, 0) is 54.8 Å². The summed E-state index contributed by atoms with van der Waals surface area (Å²) in [6, 6.07) is 10.8. The Labute approximate surface area is 239 Å². The number of nitrogens with zero attached hydrogens (tertiary/aromatic N) is 4. The number of nitrogens with one attached hydrogen (secondary N) is 2. The lowest BCUT2D eigenvalue weighted by molar-refractivity contribution is -0.117. The summed E-state index contributed by atoms with van der Waals surface area (Å²) >= 11 is 0. The van der Waals surface area contributed by atoms with Gasteiger partial charge in [-0.1, -0.05) is 6.07 Å². The molecule has 1 amide bonds. The van der Waals surface area contributed by atoms with Gasteiger partial charge in [0.15, 0.2) is 0 Å². The Bertz CT molecular complexity index is 1800. The molecule has 3 heterocycles. The second kappa shape index (κ2) is 10.9. The molecule has 0 saturated heterocycles. The van der Waals surface area contributed by atoms with Crippen LogP contribution in [0.4, 0.5) is 31.9 Å². The van der Waals surface area contributed by atoms with Gasteiger partial charge in [-0.15, -0.1) is 0 Å². The van der Waals surface area contributed by atoms with Gasteiger partial charge in [0.2, 0.25) is 17.7 Å². The third kappa shape index (κ3) is 5.52. The van der Waals surface area contributed by atoms with Crippen LogP contribution in [0.25, 0.3) is 11.1 Å². The minimum atomic E-state index is -4.45. The summed E-state index contributed by atoms with van der Waals surface area (Å²) in [5.74, 6) is -0.915. The quantitative estimate of drug-likeness (QED) is 0.302. The number of hydrogen-bond acceptors (Lipinski definition) is 9. The van der Waals surface area contributed by atoms with E-state index in [4.69, 9.17) is 9.47 Å². The fourth-order valence-corrected chi connectivity index (χ4v) is 5.60. The lowest BCUT2D eigenvalue weighted by atomic mass is 10.0. The van der Waals surface area contributed by atoms with Crippen molar-refractivity contribution in [2.24, 2.45) is 5.92 Å². The molecule has 0 radical (unpaired) electrons. The van der Waals surface area contributed by atoms with E-state index in [-0.39, 0.29) is 29.3 Å². The number of amides is 1. The Morgan fingerprint density at radius 1 is 1.07 bits per heavy atom. The van der Waals surface area contributed by atoms with Crippen LogP contribution in [0.5, 0.6) is 11.6 Å². The number of methoxy groups -OCH3 is 1. The van der Waals surface area contributed by atoms with E-state index < -0.39 is 26.6 Å². The Morgan fingerprint density at radius 3 is 2.67 bits per heavy atom. The number of sulfonamides is 1. The second-order valence-corrected chi connectivity index (χ2v) is 11.3. The predicted octanol–water partition coefficient (Wildman–Crippen LogP) is 4.51. The van der Waals surface area contributed by atoms with Gasteiger partial charge in [0.25, 0.3) is 10.0 Å². The maximum atomic E-state index is 14.3. The molecule has 0 unspecified atom stereocenters. The SMILES string of the molecule is COc1ncc(-c2ccc3c(c2)N(c2ccnc(NC(=O)C4CC4)n2)CCO3)cc1NS(=O)(=O)c1ccc(F)cc1F. The fraction of sp³-hybridized carbons (Fsp3) is 0.214. The lowest BCUT2D eigenvalue weighted by Gasteiger charge is -2.31. The molecular weight excluding hydrogens is 570 g/mol. The van der Waals surface area contributed by atoms with Crippen molar-refractivity contribution in [1.82, 2.24) is 15.0 Å². The Balaban J connectivity index is 1.32. The first-order valence-corrected chi connectivity index (χ1v) is 14.4. The van der Waals surface area contributed by atoms with E-state index >= 15 is 0 Å². The molecule has 6 rings (SSSR count). The molecule has 42 heavy (non-hydrogen) atoms. The number of carbonyl (C=O) groups excluding carboxylic acids is 1. The zero-order valence-electron chi connectivity index (χ0n) is 22.2. The van der Waals surface area contributed by atoms with Crippen LogP contribution in [-0.4, -0.2) is 49.5 Å². The number of halogens is 2. The van der Waals surface area contributed by atoms with Crippen molar-refractivity contribution in [3.05, 3.63) is 72.6 Å². The molecule has 2 N–H and O–H groups in total. The molecule has 1 aliphatic carbocycles. The molecule has 0 spiro atoms. The van der Waals surface area contributed by atoms with Crippen LogP contribution in [0.15, 0.2) is 65.8 Å². The highest BCUT2D eigenvalue weighted by molar-refractivity contribution is 7.92. The average molecular weight is 595 g/mol. The Hall–Kier alpha value is -4.85. The van der Waals surface area contributed by atoms with Crippen LogP contribution in [0.2, 0.25) is 0 Å². The van der Waals surface area contributed by atoms with Gasteiger partial charge in [-0.2, -0.15) is 4.98 Å². The minimum Gasteiger partial charge on any atom is -0.490 e. The van der Waals surface area contributed by atoms with Crippen molar-refractivity contribution in [1.29, 1.82) is 0 Å². The highest BCUT2D eigenvalue weighted by atomic mass is 32.2. The molecule has 2 aromatic carbocycles. The third-order valence-corrected chi connectivity index (χ3v) is 8.13.